The Morgan fingerprint density at radius 3 is 2.59 bits per heavy atom. The van der Waals surface area contributed by atoms with E-state index in [0.717, 1.165) is 5.56 Å². The van der Waals surface area contributed by atoms with Crippen LogP contribution in [0.4, 0.5) is 0 Å². The first-order valence-electron chi connectivity index (χ1n) is 9.40. The first-order valence-corrected chi connectivity index (χ1v) is 10.6. The number of ether oxygens (including phenoxy) is 1. The predicted molar refractivity (Wildman–Crippen MR) is 127 cm³/mol. The number of fused-ring (bicyclic) bond motifs is 1. The van der Waals surface area contributed by atoms with Crippen LogP contribution in [0.1, 0.15) is 15.9 Å². The number of amides is 1. The standard InChI is InChI=1S/C22H16Cl2N4O3S/c1-31-17-8-9-18(27-19(17)24)28-21(30)15-7-4-13(10-16(15)26-22(28)32)20(29)25-11-12-2-5-14(23)6-3-12/h2-10H,11H2,1H3,(H,25,29)(H,26,32). The minimum atomic E-state index is -0.384. The van der Waals surface area contributed by atoms with Gasteiger partial charge in [0.2, 0.25) is 0 Å². The molecule has 4 rings (SSSR count). The number of H-pyrrole nitrogens is 1. The highest BCUT2D eigenvalue weighted by Crippen LogP contribution is 2.23. The van der Waals surface area contributed by atoms with Crippen LogP contribution in [-0.4, -0.2) is 27.6 Å². The van der Waals surface area contributed by atoms with Crippen molar-refractivity contribution in [1.82, 2.24) is 19.9 Å². The summed E-state index contributed by atoms with van der Waals surface area (Å²) in [4.78, 5) is 32.9. The van der Waals surface area contributed by atoms with Gasteiger partial charge in [-0.15, -0.1) is 0 Å². The molecule has 2 N–H and O–H groups in total. The Hall–Kier alpha value is -3.20. The topological polar surface area (TPSA) is 89.0 Å². The number of benzene rings is 2. The van der Waals surface area contributed by atoms with Gasteiger partial charge in [0.15, 0.2) is 15.7 Å². The van der Waals surface area contributed by atoms with Crippen LogP contribution in [0.2, 0.25) is 10.2 Å². The van der Waals surface area contributed by atoms with Crippen molar-refractivity contribution in [3.05, 3.63) is 91.0 Å². The lowest BCUT2D eigenvalue weighted by molar-refractivity contribution is 0.0951. The van der Waals surface area contributed by atoms with E-state index in [0.29, 0.717) is 33.8 Å². The lowest BCUT2D eigenvalue weighted by atomic mass is 10.1. The SMILES string of the molecule is COc1ccc(-n2c(=S)[nH]c3cc(C(=O)NCc4ccc(Cl)cc4)ccc3c2=O)nc1Cl. The molecule has 0 spiro atoms. The van der Waals surface area contributed by atoms with Crippen LogP contribution in [0.25, 0.3) is 16.7 Å². The fraction of sp³-hybridized carbons (Fsp3) is 0.0909. The number of hydrogen-bond acceptors (Lipinski definition) is 5. The van der Waals surface area contributed by atoms with E-state index in [1.165, 1.54) is 11.7 Å². The molecule has 10 heteroatoms. The molecule has 4 aromatic rings. The van der Waals surface area contributed by atoms with Gasteiger partial charge < -0.3 is 15.0 Å². The third-order valence-corrected chi connectivity index (χ3v) is 5.58. The zero-order valence-electron chi connectivity index (χ0n) is 16.7. The maximum Gasteiger partial charge on any atom is 0.267 e. The zero-order chi connectivity index (χ0) is 22.8. The van der Waals surface area contributed by atoms with E-state index in [1.54, 1.807) is 42.5 Å². The predicted octanol–water partition coefficient (Wildman–Crippen LogP) is 4.69. The first-order chi connectivity index (χ1) is 15.4. The quantitative estimate of drug-likeness (QED) is 0.315. The number of pyridine rings is 1. The molecule has 2 aromatic heterocycles. The molecule has 0 aliphatic heterocycles. The molecule has 0 atom stereocenters. The van der Waals surface area contributed by atoms with Crippen molar-refractivity contribution in [3.63, 3.8) is 0 Å². The van der Waals surface area contributed by atoms with Crippen molar-refractivity contribution >= 4 is 52.2 Å². The molecule has 1 amide bonds. The van der Waals surface area contributed by atoms with E-state index in [2.05, 4.69) is 15.3 Å². The average molecular weight is 487 g/mol. The molecule has 32 heavy (non-hydrogen) atoms. The molecular formula is C22H16Cl2N4O3S. The minimum absolute atomic E-state index is 0.110. The highest BCUT2D eigenvalue weighted by molar-refractivity contribution is 7.71. The summed E-state index contributed by atoms with van der Waals surface area (Å²) in [5.74, 6) is 0.357. The maximum atomic E-state index is 13.1. The minimum Gasteiger partial charge on any atom is -0.494 e. The Morgan fingerprint density at radius 1 is 1.16 bits per heavy atom. The van der Waals surface area contributed by atoms with Crippen molar-refractivity contribution in [2.75, 3.05) is 7.11 Å². The maximum absolute atomic E-state index is 13.1. The molecule has 7 nitrogen and oxygen atoms in total. The van der Waals surface area contributed by atoms with Gasteiger partial charge in [-0.25, -0.2) is 9.55 Å². The number of halogens is 2. The van der Waals surface area contributed by atoms with Gasteiger partial charge in [-0.2, -0.15) is 0 Å². The molecule has 162 valence electrons. The number of hydrogen-bond donors (Lipinski definition) is 2. The second-order valence-corrected chi connectivity index (χ2v) is 7.98. The summed E-state index contributed by atoms with van der Waals surface area (Å²) in [6.45, 7) is 0.343. The van der Waals surface area contributed by atoms with Crippen LogP contribution in [-0.2, 0) is 6.54 Å². The average Bonchev–Trinajstić information content (AvgIpc) is 2.78. The van der Waals surface area contributed by atoms with Crippen LogP contribution in [0.3, 0.4) is 0 Å². The Balaban J connectivity index is 1.65. The highest BCUT2D eigenvalue weighted by Gasteiger charge is 2.13. The molecular weight excluding hydrogens is 471 g/mol. The summed E-state index contributed by atoms with van der Waals surface area (Å²) >= 11 is 17.3. The van der Waals surface area contributed by atoms with E-state index >= 15 is 0 Å². The molecule has 0 unspecified atom stereocenters. The van der Waals surface area contributed by atoms with Crippen molar-refractivity contribution < 1.29 is 9.53 Å². The van der Waals surface area contributed by atoms with Crippen LogP contribution in [0, 0.1) is 4.77 Å². The number of carbonyl (C=O) groups excluding carboxylic acids is 1. The van der Waals surface area contributed by atoms with Gasteiger partial charge in [0, 0.05) is 17.1 Å². The molecule has 0 saturated heterocycles. The van der Waals surface area contributed by atoms with Gasteiger partial charge in [-0.1, -0.05) is 35.3 Å². The lowest BCUT2D eigenvalue weighted by Gasteiger charge is -2.10. The molecule has 0 aliphatic carbocycles. The largest absolute Gasteiger partial charge is 0.494 e. The van der Waals surface area contributed by atoms with E-state index in [4.69, 9.17) is 40.2 Å². The molecule has 0 saturated carbocycles. The Kier molecular flexibility index (Phi) is 6.27. The van der Waals surface area contributed by atoms with Gasteiger partial charge in [0.1, 0.15) is 5.82 Å². The Labute approximate surface area is 197 Å². The van der Waals surface area contributed by atoms with E-state index in [9.17, 15) is 9.59 Å². The van der Waals surface area contributed by atoms with Crippen LogP contribution < -0.4 is 15.6 Å². The van der Waals surface area contributed by atoms with Gasteiger partial charge in [-0.05, 0) is 60.2 Å². The third-order valence-electron chi connectivity index (χ3n) is 4.78. The molecule has 0 fully saturated rings. The molecule has 2 heterocycles. The fourth-order valence-corrected chi connectivity index (χ4v) is 3.78. The van der Waals surface area contributed by atoms with Gasteiger partial charge in [0.05, 0.1) is 18.0 Å². The van der Waals surface area contributed by atoms with E-state index in [1.807, 2.05) is 12.1 Å². The number of methoxy groups -OCH3 is 1. The number of aromatic amines is 1. The lowest BCUT2D eigenvalue weighted by Crippen LogP contribution is -2.24. The van der Waals surface area contributed by atoms with Gasteiger partial charge in [-0.3, -0.25) is 9.59 Å². The Bertz CT molecular complexity index is 1450. The monoisotopic (exact) mass is 486 g/mol. The summed E-state index contributed by atoms with van der Waals surface area (Å²) in [7, 11) is 1.47. The number of nitrogens with zero attached hydrogens (tertiary/aromatic N) is 2. The number of nitrogens with one attached hydrogen (secondary N) is 2. The number of carbonyl (C=O) groups is 1. The zero-order valence-corrected chi connectivity index (χ0v) is 19.0. The van der Waals surface area contributed by atoms with Crippen molar-refractivity contribution in [2.24, 2.45) is 0 Å². The molecule has 0 radical (unpaired) electrons. The third kappa shape index (κ3) is 4.38. The molecule has 0 aliphatic rings. The van der Waals surface area contributed by atoms with Gasteiger partial charge in [0.25, 0.3) is 11.5 Å². The fourth-order valence-electron chi connectivity index (χ4n) is 3.14. The van der Waals surface area contributed by atoms with Crippen molar-refractivity contribution in [3.8, 4) is 11.6 Å². The van der Waals surface area contributed by atoms with Crippen molar-refractivity contribution in [2.45, 2.75) is 6.54 Å². The summed E-state index contributed by atoms with van der Waals surface area (Å²) in [6, 6.07) is 15.1. The van der Waals surface area contributed by atoms with Crippen LogP contribution >= 0.6 is 35.4 Å². The van der Waals surface area contributed by atoms with E-state index in [-0.39, 0.29) is 27.2 Å². The van der Waals surface area contributed by atoms with Gasteiger partial charge >= 0.3 is 0 Å². The second-order valence-electron chi connectivity index (χ2n) is 6.80. The summed E-state index contributed by atoms with van der Waals surface area (Å²) < 4.78 is 6.46. The highest BCUT2D eigenvalue weighted by atomic mass is 35.5. The number of rotatable bonds is 5. The Morgan fingerprint density at radius 2 is 1.91 bits per heavy atom. The number of aromatic nitrogens is 3. The van der Waals surface area contributed by atoms with Crippen molar-refractivity contribution in [1.29, 1.82) is 0 Å². The smallest absolute Gasteiger partial charge is 0.267 e. The van der Waals surface area contributed by atoms with E-state index < -0.39 is 0 Å². The first kappa shape index (κ1) is 22.0. The second kappa shape index (κ2) is 9.12. The van der Waals surface area contributed by atoms with Crippen LogP contribution in [0.15, 0.2) is 59.4 Å². The van der Waals surface area contributed by atoms with Crippen LogP contribution in [0.5, 0.6) is 5.75 Å². The molecule has 2 aromatic carbocycles. The normalized spacial score (nSPS) is 10.8. The summed E-state index contributed by atoms with van der Waals surface area (Å²) in [5, 5.41) is 3.93. The summed E-state index contributed by atoms with van der Waals surface area (Å²) in [6.07, 6.45) is 0. The molecule has 0 bridgehead atoms. The summed E-state index contributed by atoms with van der Waals surface area (Å²) in [5.41, 5.74) is 1.36.